The molecule has 0 aliphatic rings. The van der Waals surface area contributed by atoms with Crippen molar-refractivity contribution in [3.63, 3.8) is 0 Å². The molecule has 4 aromatic carbocycles. The summed E-state index contributed by atoms with van der Waals surface area (Å²) in [7, 11) is 0. The summed E-state index contributed by atoms with van der Waals surface area (Å²) in [6.07, 6.45) is 1.45. The van der Waals surface area contributed by atoms with E-state index in [2.05, 4.69) is 16.0 Å². The van der Waals surface area contributed by atoms with Crippen LogP contribution in [0.15, 0.2) is 114 Å². The van der Waals surface area contributed by atoms with E-state index in [1.807, 2.05) is 0 Å². The van der Waals surface area contributed by atoms with Crippen LogP contribution in [0.3, 0.4) is 0 Å². The second-order valence-corrected chi connectivity index (χ2v) is 9.68. The van der Waals surface area contributed by atoms with Crippen molar-refractivity contribution in [2.45, 2.75) is 4.90 Å². The molecule has 0 aliphatic carbocycles. The van der Waals surface area contributed by atoms with Crippen LogP contribution in [0, 0.1) is 5.82 Å². The van der Waals surface area contributed by atoms with Gasteiger partial charge in [-0.05, 0) is 78.4 Å². The van der Waals surface area contributed by atoms with Gasteiger partial charge >= 0.3 is 5.97 Å². The molecule has 4 aromatic rings. The van der Waals surface area contributed by atoms with E-state index in [1.54, 1.807) is 66.7 Å². The third-order valence-electron chi connectivity index (χ3n) is 5.59. The molecule has 206 valence electrons. The standard InChI is InChI=1S/C31H24FN3O5S/c32-23-11-9-20(10-12-23)17-27(35-29(37)21-5-2-1-3-6-21)30(38)34-24-13-15-26(16-14-24)41-19-28(36)33-25-8-4-7-22(18-25)31(39)40/h1-18H,19H2,(H,33,36)(H,34,38)(H,35,37)(H,39,40)/b27-17-. The molecule has 4 rings (SSSR count). The molecule has 0 saturated heterocycles. The largest absolute Gasteiger partial charge is 0.478 e. The summed E-state index contributed by atoms with van der Waals surface area (Å²) in [4.78, 5) is 50.0. The molecule has 0 atom stereocenters. The molecule has 8 nitrogen and oxygen atoms in total. The van der Waals surface area contributed by atoms with Gasteiger partial charge < -0.3 is 21.1 Å². The molecule has 0 spiro atoms. The maximum absolute atomic E-state index is 13.4. The molecule has 10 heteroatoms. The summed E-state index contributed by atoms with van der Waals surface area (Å²) in [5, 5.41) is 17.1. The lowest BCUT2D eigenvalue weighted by Crippen LogP contribution is -2.30. The lowest BCUT2D eigenvalue weighted by molar-refractivity contribution is -0.114. The third-order valence-corrected chi connectivity index (χ3v) is 6.60. The third kappa shape index (κ3) is 8.64. The highest BCUT2D eigenvalue weighted by atomic mass is 32.2. The van der Waals surface area contributed by atoms with E-state index < -0.39 is 23.6 Å². The molecule has 0 unspecified atom stereocenters. The van der Waals surface area contributed by atoms with Crippen molar-refractivity contribution in [2.24, 2.45) is 0 Å². The summed E-state index contributed by atoms with van der Waals surface area (Å²) < 4.78 is 13.4. The number of rotatable bonds is 10. The summed E-state index contributed by atoms with van der Waals surface area (Å²) in [5.41, 5.74) is 1.76. The van der Waals surface area contributed by atoms with Crippen molar-refractivity contribution < 1.29 is 28.7 Å². The second-order valence-electron chi connectivity index (χ2n) is 8.63. The Kier molecular flexibility index (Phi) is 9.63. The number of hydrogen-bond donors (Lipinski definition) is 4. The minimum Gasteiger partial charge on any atom is -0.478 e. The molecule has 0 heterocycles. The number of carboxylic acids is 1. The molecule has 3 amide bonds. The van der Waals surface area contributed by atoms with Crippen molar-refractivity contribution in [2.75, 3.05) is 16.4 Å². The predicted molar refractivity (Wildman–Crippen MR) is 156 cm³/mol. The Hall–Kier alpha value is -5.22. The summed E-state index contributed by atoms with van der Waals surface area (Å²) in [6.45, 7) is 0. The van der Waals surface area contributed by atoms with Crippen LogP contribution in [0.25, 0.3) is 6.08 Å². The average Bonchev–Trinajstić information content (AvgIpc) is 2.98. The van der Waals surface area contributed by atoms with Crippen molar-refractivity contribution in [3.05, 3.63) is 131 Å². The van der Waals surface area contributed by atoms with Gasteiger partial charge in [0.2, 0.25) is 5.91 Å². The maximum Gasteiger partial charge on any atom is 0.335 e. The van der Waals surface area contributed by atoms with E-state index in [-0.39, 0.29) is 22.9 Å². The minimum absolute atomic E-state index is 0.0347. The zero-order valence-corrected chi connectivity index (χ0v) is 22.3. The first-order chi connectivity index (χ1) is 19.8. The average molecular weight is 570 g/mol. The lowest BCUT2D eigenvalue weighted by atomic mass is 10.1. The van der Waals surface area contributed by atoms with Gasteiger partial charge in [0.1, 0.15) is 11.5 Å². The van der Waals surface area contributed by atoms with E-state index in [1.165, 1.54) is 54.2 Å². The first-order valence-corrected chi connectivity index (χ1v) is 13.3. The van der Waals surface area contributed by atoms with Gasteiger partial charge in [0.05, 0.1) is 11.3 Å². The highest BCUT2D eigenvalue weighted by Crippen LogP contribution is 2.21. The molecule has 0 saturated carbocycles. The second kappa shape index (κ2) is 13.7. The SMILES string of the molecule is O=C(CSc1ccc(NC(=O)/C(=C/c2ccc(F)cc2)NC(=O)c2ccccc2)cc1)Nc1cccc(C(=O)O)c1. The number of carboxylic acid groups (broad SMARTS) is 1. The van der Waals surface area contributed by atoms with Crippen LogP contribution in [0.4, 0.5) is 15.8 Å². The highest BCUT2D eigenvalue weighted by Gasteiger charge is 2.15. The normalized spacial score (nSPS) is 10.9. The Morgan fingerprint density at radius 2 is 1.44 bits per heavy atom. The van der Waals surface area contributed by atoms with Crippen LogP contribution in [0.2, 0.25) is 0 Å². The van der Waals surface area contributed by atoms with E-state index >= 15 is 0 Å². The van der Waals surface area contributed by atoms with Gasteiger partial charge in [0.15, 0.2) is 0 Å². The number of carbonyl (C=O) groups is 4. The number of hydrogen-bond acceptors (Lipinski definition) is 5. The number of nitrogens with one attached hydrogen (secondary N) is 3. The topological polar surface area (TPSA) is 125 Å². The zero-order valence-electron chi connectivity index (χ0n) is 21.5. The van der Waals surface area contributed by atoms with Gasteiger partial charge in [0, 0.05) is 21.8 Å². The Morgan fingerprint density at radius 3 is 2.12 bits per heavy atom. The molecule has 0 bridgehead atoms. The summed E-state index contributed by atoms with van der Waals surface area (Å²) in [6, 6.07) is 26.6. The van der Waals surface area contributed by atoms with Gasteiger partial charge in [0.25, 0.3) is 11.8 Å². The number of anilines is 2. The van der Waals surface area contributed by atoms with Gasteiger partial charge in [-0.15, -0.1) is 11.8 Å². The quantitative estimate of drug-likeness (QED) is 0.144. The van der Waals surface area contributed by atoms with Crippen molar-refractivity contribution in [1.82, 2.24) is 5.32 Å². The van der Waals surface area contributed by atoms with Crippen LogP contribution >= 0.6 is 11.8 Å². The predicted octanol–water partition coefficient (Wildman–Crippen LogP) is 5.66. The number of benzene rings is 4. The fourth-order valence-corrected chi connectivity index (χ4v) is 4.28. The first-order valence-electron chi connectivity index (χ1n) is 12.3. The molecular weight excluding hydrogens is 545 g/mol. The summed E-state index contributed by atoms with van der Waals surface area (Å²) >= 11 is 1.26. The first kappa shape index (κ1) is 28.8. The zero-order chi connectivity index (χ0) is 29.2. The van der Waals surface area contributed by atoms with Crippen LogP contribution in [0.1, 0.15) is 26.3 Å². The monoisotopic (exact) mass is 569 g/mol. The van der Waals surface area contributed by atoms with Gasteiger partial charge in [-0.2, -0.15) is 0 Å². The summed E-state index contributed by atoms with van der Waals surface area (Å²) in [5.74, 6) is -2.79. The molecule has 0 radical (unpaired) electrons. The smallest absolute Gasteiger partial charge is 0.335 e. The Labute approximate surface area is 239 Å². The van der Waals surface area contributed by atoms with Gasteiger partial charge in [-0.3, -0.25) is 14.4 Å². The Balaban J connectivity index is 1.39. The lowest BCUT2D eigenvalue weighted by Gasteiger charge is -2.12. The number of amides is 3. The van der Waals surface area contributed by atoms with Gasteiger partial charge in [-0.25, -0.2) is 9.18 Å². The highest BCUT2D eigenvalue weighted by molar-refractivity contribution is 8.00. The molecule has 41 heavy (non-hydrogen) atoms. The fraction of sp³-hybridized carbons (Fsp3) is 0.0323. The molecule has 0 aromatic heterocycles. The molecule has 0 aliphatic heterocycles. The number of aromatic carboxylic acids is 1. The van der Waals surface area contributed by atoms with Crippen molar-refractivity contribution in [3.8, 4) is 0 Å². The van der Waals surface area contributed by atoms with Crippen molar-refractivity contribution >= 4 is 52.9 Å². The Bertz CT molecular complexity index is 1590. The van der Waals surface area contributed by atoms with Crippen LogP contribution in [-0.4, -0.2) is 34.6 Å². The van der Waals surface area contributed by atoms with Crippen LogP contribution in [0.5, 0.6) is 0 Å². The van der Waals surface area contributed by atoms with Crippen LogP contribution in [-0.2, 0) is 9.59 Å². The van der Waals surface area contributed by atoms with E-state index in [0.29, 0.717) is 22.5 Å². The number of halogens is 1. The Morgan fingerprint density at radius 1 is 0.756 bits per heavy atom. The fourth-order valence-electron chi connectivity index (χ4n) is 3.58. The molecule has 4 N–H and O–H groups in total. The van der Waals surface area contributed by atoms with E-state index in [9.17, 15) is 23.6 Å². The maximum atomic E-state index is 13.4. The van der Waals surface area contributed by atoms with Crippen molar-refractivity contribution in [1.29, 1.82) is 0 Å². The number of thioether (sulfide) groups is 1. The minimum atomic E-state index is -1.08. The molecule has 0 fully saturated rings. The van der Waals surface area contributed by atoms with E-state index in [4.69, 9.17) is 5.11 Å². The van der Waals surface area contributed by atoms with Crippen LogP contribution < -0.4 is 16.0 Å². The van der Waals surface area contributed by atoms with Gasteiger partial charge in [-0.1, -0.05) is 36.4 Å². The van der Waals surface area contributed by atoms with E-state index in [0.717, 1.165) is 4.90 Å². The number of carbonyl (C=O) groups excluding carboxylic acids is 3. The molecular formula is C31H24FN3O5S.